The molecule has 1 saturated carbocycles. The Hall–Kier alpha value is -1.93. The summed E-state index contributed by atoms with van der Waals surface area (Å²) in [5.41, 5.74) is 2.14. The number of amides is 2. The van der Waals surface area contributed by atoms with Crippen LogP contribution in [0.1, 0.15) is 38.4 Å². The van der Waals surface area contributed by atoms with Gasteiger partial charge in [-0.2, -0.15) is 0 Å². The van der Waals surface area contributed by atoms with E-state index >= 15 is 0 Å². The predicted octanol–water partition coefficient (Wildman–Crippen LogP) is 2.92. The number of halogens is 1. The van der Waals surface area contributed by atoms with Crippen LogP contribution in [0.25, 0.3) is 0 Å². The molecule has 1 aliphatic carbocycles. The largest absolute Gasteiger partial charge is 0.377 e. The van der Waals surface area contributed by atoms with Crippen molar-refractivity contribution in [2.24, 2.45) is 0 Å². The Morgan fingerprint density at radius 2 is 1.70 bits per heavy atom. The molecule has 2 atom stereocenters. The smallest absolute Gasteiger partial charge is 0.261 e. The van der Waals surface area contributed by atoms with Crippen LogP contribution in [-0.4, -0.2) is 62.7 Å². The van der Waals surface area contributed by atoms with Crippen molar-refractivity contribution in [1.82, 2.24) is 15.5 Å². The highest BCUT2D eigenvalue weighted by Gasteiger charge is 2.44. The van der Waals surface area contributed by atoms with Gasteiger partial charge in [-0.05, 0) is 56.8 Å². The molecule has 2 aromatic rings. The van der Waals surface area contributed by atoms with Gasteiger partial charge in [0.1, 0.15) is 0 Å². The summed E-state index contributed by atoms with van der Waals surface area (Å²) in [6, 6.07) is 10.7. The Kier molecular flexibility index (Phi) is 6.16. The SMILES string of the molecule is CN(C)CC1(c2ccc(C(=O)NC3COCC3NC(=O)c3ccc(Cl)s3)cc2)CC1. The van der Waals surface area contributed by atoms with Crippen LogP contribution in [0.5, 0.6) is 0 Å². The highest BCUT2D eigenvalue weighted by atomic mass is 35.5. The number of nitrogens with one attached hydrogen (secondary N) is 2. The van der Waals surface area contributed by atoms with Crippen LogP contribution in [0.2, 0.25) is 4.34 Å². The molecule has 0 radical (unpaired) electrons. The van der Waals surface area contributed by atoms with Gasteiger partial charge in [-0.1, -0.05) is 23.7 Å². The second kappa shape index (κ2) is 8.67. The Labute approximate surface area is 185 Å². The molecule has 0 spiro atoms. The molecule has 1 saturated heterocycles. The number of likely N-dealkylation sites (N-methyl/N-ethyl adjacent to an activating group) is 1. The molecule has 8 heteroatoms. The van der Waals surface area contributed by atoms with Crippen molar-refractivity contribution in [3.63, 3.8) is 0 Å². The molecule has 160 valence electrons. The number of hydrogen-bond acceptors (Lipinski definition) is 5. The first-order valence-electron chi connectivity index (χ1n) is 10.1. The summed E-state index contributed by atoms with van der Waals surface area (Å²) in [7, 11) is 4.18. The maximum absolute atomic E-state index is 12.8. The molecule has 2 unspecified atom stereocenters. The van der Waals surface area contributed by atoms with Crippen LogP contribution < -0.4 is 10.6 Å². The predicted molar refractivity (Wildman–Crippen MR) is 119 cm³/mol. The van der Waals surface area contributed by atoms with Gasteiger partial charge in [0.2, 0.25) is 0 Å². The number of nitrogens with zero attached hydrogens (tertiary/aromatic N) is 1. The summed E-state index contributed by atoms with van der Waals surface area (Å²) in [5.74, 6) is -0.366. The summed E-state index contributed by atoms with van der Waals surface area (Å²) < 4.78 is 6.07. The molecular formula is C22H26ClN3O3S. The average molecular weight is 448 g/mol. The second-order valence-corrected chi connectivity index (χ2v) is 10.1. The lowest BCUT2D eigenvalue weighted by Crippen LogP contribution is -2.50. The number of carbonyl (C=O) groups excluding carboxylic acids is 2. The quantitative estimate of drug-likeness (QED) is 0.684. The van der Waals surface area contributed by atoms with Crippen LogP contribution in [0.4, 0.5) is 0 Å². The van der Waals surface area contributed by atoms with Crippen LogP contribution in [0.15, 0.2) is 36.4 Å². The van der Waals surface area contributed by atoms with E-state index in [9.17, 15) is 9.59 Å². The molecule has 1 aromatic heterocycles. The van der Waals surface area contributed by atoms with Gasteiger partial charge in [0.25, 0.3) is 11.8 Å². The van der Waals surface area contributed by atoms with Gasteiger partial charge < -0.3 is 20.3 Å². The van der Waals surface area contributed by atoms with Crippen molar-refractivity contribution >= 4 is 34.8 Å². The average Bonchev–Trinajstić information content (AvgIpc) is 3.13. The van der Waals surface area contributed by atoms with Crippen LogP contribution >= 0.6 is 22.9 Å². The van der Waals surface area contributed by atoms with E-state index in [1.54, 1.807) is 12.1 Å². The topological polar surface area (TPSA) is 70.7 Å². The third-order valence-electron chi connectivity index (χ3n) is 5.74. The highest BCUT2D eigenvalue weighted by molar-refractivity contribution is 7.18. The van der Waals surface area contributed by atoms with Gasteiger partial charge in [-0.25, -0.2) is 0 Å². The Morgan fingerprint density at radius 1 is 1.07 bits per heavy atom. The maximum Gasteiger partial charge on any atom is 0.261 e. The van der Waals surface area contributed by atoms with Gasteiger partial charge in [0, 0.05) is 17.5 Å². The normalized spacial score (nSPS) is 22.1. The Bertz CT molecular complexity index is 924. The van der Waals surface area contributed by atoms with Crippen molar-refractivity contribution in [1.29, 1.82) is 0 Å². The maximum atomic E-state index is 12.8. The van der Waals surface area contributed by atoms with Gasteiger partial charge in [-0.3, -0.25) is 9.59 Å². The van der Waals surface area contributed by atoms with Crippen molar-refractivity contribution in [3.05, 3.63) is 56.7 Å². The van der Waals surface area contributed by atoms with Crippen LogP contribution in [-0.2, 0) is 10.2 Å². The molecule has 2 aliphatic rings. The van der Waals surface area contributed by atoms with E-state index in [0.29, 0.717) is 28.0 Å². The van der Waals surface area contributed by atoms with Gasteiger partial charge in [-0.15, -0.1) is 11.3 Å². The first kappa shape index (κ1) is 21.3. The summed E-state index contributed by atoms with van der Waals surface area (Å²) in [4.78, 5) is 27.9. The van der Waals surface area contributed by atoms with E-state index in [4.69, 9.17) is 16.3 Å². The summed E-state index contributed by atoms with van der Waals surface area (Å²) in [5, 5.41) is 5.94. The minimum absolute atomic E-state index is 0.159. The summed E-state index contributed by atoms with van der Waals surface area (Å²) >= 11 is 7.13. The van der Waals surface area contributed by atoms with Crippen LogP contribution in [0.3, 0.4) is 0 Å². The molecule has 2 heterocycles. The number of carbonyl (C=O) groups is 2. The Morgan fingerprint density at radius 3 is 2.23 bits per heavy atom. The molecule has 0 bridgehead atoms. The van der Waals surface area contributed by atoms with Crippen molar-refractivity contribution in [2.45, 2.75) is 30.3 Å². The lowest BCUT2D eigenvalue weighted by atomic mass is 9.94. The van der Waals surface area contributed by atoms with Gasteiger partial charge in [0.05, 0.1) is 34.5 Å². The molecule has 2 fully saturated rings. The van der Waals surface area contributed by atoms with Gasteiger partial charge in [0.15, 0.2) is 0 Å². The monoisotopic (exact) mass is 447 g/mol. The second-order valence-electron chi connectivity index (χ2n) is 8.40. The molecule has 2 N–H and O–H groups in total. The number of ether oxygens (including phenoxy) is 1. The van der Waals surface area contributed by atoms with Crippen molar-refractivity contribution in [2.75, 3.05) is 33.9 Å². The molecule has 4 rings (SSSR count). The summed E-state index contributed by atoms with van der Waals surface area (Å²) in [6.07, 6.45) is 2.37. The standard InChI is InChI=1S/C22H26ClN3O3S/c1-26(2)13-22(9-10-22)15-5-3-14(4-6-15)20(27)24-16-11-29-12-17(16)25-21(28)18-7-8-19(23)30-18/h3-8,16-17H,9-13H2,1-2H3,(H,24,27)(H,25,28). The first-order valence-corrected chi connectivity index (χ1v) is 11.3. The molecule has 2 amide bonds. The minimum Gasteiger partial charge on any atom is -0.377 e. The van der Waals surface area contributed by atoms with Crippen molar-refractivity contribution in [3.8, 4) is 0 Å². The zero-order chi connectivity index (χ0) is 21.3. The molecule has 6 nitrogen and oxygen atoms in total. The van der Waals surface area contributed by atoms with E-state index in [-0.39, 0.29) is 29.3 Å². The van der Waals surface area contributed by atoms with E-state index in [1.165, 1.54) is 29.7 Å². The molecular weight excluding hydrogens is 422 g/mol. The van der Waals surface area contributed by atoms with Gasteiger partial charge >= 0.3 is 0 Å². The highest BCUT2D eigenvalue weighted by Crippen LogP contribution is 2.48. The summed E-state index contributed by atoms with van der Waals surface area (Å²) in [6.45, 7) is 1.75. The van der Waals surface area contributed by atoms with E-state index in [1.807, 2.05) is 12.1 Å². The lowest BCUT2D eigenvalue weighted by molar-refractivity contribution is 0.0898. The Balaban J connectivity index is 1.36. The lowest BCUT2D eigenvalue weighted by Gasteiger charge is -2.22. The van der Waals surface area contributed by atoms with E-state index < -0.39 is 0 Å². The minimum atomic E-state index is -0.281. The van der Waals surface area contributed by atoms with E-state index in [0.717, 1.165) is 6.54 Å². The first-order chi connectivity index (χ1) is 14.4. The van der Waals surface area contributed by atoms with E-state index in [2.05, 4.69) is 41.8 Å². The number of hydrogen-bond donors (Lipinski definition) is 2. The number of thiophene rings is 1. The number of rotatable bonds is 7. The third kappa shape index (κ3) is 4.70. The molecule has 1 aromatic carbocycles. The fourth-order valence-corrected chi connectivity index (χ4v) is 4.98. The fourth-order valence-electron chi connectivity index (χ4n) is 4.04. The fraction of sp³-hybridized carbons (Fsp3) is 0.455. The number of benzene rings is 1. The van der Waals surface area contributed by atoms with Crippen molar-refractivity contribution < 1.29 is 14.3 Å². The molecule has 30 heavy (non-hydrogen) atoms. The molecule has 1 aliphatic heterocycles. The zero-order valence-corrected chi connectivity index (χ0v) is 18.7. The van der Waals surface area contributed by atoms with Crippen LogP contribution in [0, 0.1) is 0 Å². The zero-order valence-electron chi connectivity index (χ0n) is 17.1. The third-order valence-corrected chi connectivity index (χ3v) is 6.97.